The number of carbonyl (C=O) groups excluding carboxylic acids is 1. The summed E-state index contributed by atoms with van der Waals surface area (Å²) in [5, 5.41) is 3.14. The zero-order valence-electron chi connectivity index (χ0n) is 11.6. The zero-order chi connectivity index (χ0) is 13.7. The maximum absolute atomic E-state index is 12.2. The molecule has 0 aliphatic heterocycles. The molecule has 2 unspecified atom stereocenters. The van der Waals surface area contributed by atoms with Crippen LogP contribution in [0.3, 0.4) is 0 Å². The van der Waals surface area contributed by atoms with Crippen LogP contribution in [0.5, 0.6) is 0 Å². The molecule has 2 atom stereocenters. The lowest BCUT2D eigenvalue weighted by molar-refractivity contribution is 0.0899. The molecule has 3 N–H and O–H groups in total. The molecule has 1 heterocycles. The van der Waals surface area contributed by atoms with Crippen LogP contribution in [-0.2, 0) is 6.54 Å². The highest BCUT2D eigenvalue weighted by atomic mass is 16.1. The Hall–Kier alpha value is -1.42. The third-order valence-electron chi connectivity index (χ3n) is 4.04. The largest absolute Gasteiger partial charge is 0.348 e. The summed E-state index contributed by atoms with van der Waals surface area (Å²) in [6.07, 6.45) is 7.61. The Balaban J connectivity index is 1.98. The second kappa shape index (κ2) is 6.66. The van der Waals surface area contributed by atoms with E-state index in [9.17, 15) is 4.79 Å². The molecule has 0 saturated heterocycles. The van der Waals surface area contributed by atoms with Crippen LogP contribution in [0.4, 0.5) is 0 Å². The lowest BCUT2D eigenvalue weighted by Gasteiger charge is -2.31. The molecule has 1 aromatic rings. The van der Waals surface area contributed by atoms with E-state index < -0.39 is 0 Å². The predicted octanol–water partition coefficient (Wildman–Crippen LogP) is 2.24. The lowest BCUT2D eigenvalue weighted by atomic mass is 9.83. The first-order valence-corrected chi connectivity index (χ1v) is 7.20. The first-order chi connectivity index (χ1) is 9.24. The molecule has 1 amide bonds. The molecular formula is C15H23N3O. The van der Waals surface area contributed by atoms with E-state index in [1.807, 2.05) is 6.07 Å². The van der Waals surface area contributed by atoms with Gasteiger partial charge in [-0.3, -0.25) is 9.78 Å². The van der Waals surface area contributed by atoms with E-state index in [1.165, 1.54) is 19.3 Å². The van der Waals surface area contributed by atoms with Crippen molar-refractivity contribution in [3.63, 3.8) is 0 Å². The second-order valence-corrected chi connectivity index (χ2v) is 5.29. The molecular weight excluding hydrogens is 238 g/mol. The van der Waals surface area contributed by atoms with Crippen molar-refractivity contribution in [2.75, 3.05) is 0 Å². The highest BCUT2D eigenvalue weighted by Crippen LogP contribution is 2.26. The van der Waals surface area contributed by atoms with Crippen molar-refractivity contribution in [1.82, 2.24) is 10.3 Å². The van der Waals surface area contributed by atoms with Crippen molar-refractivity contribution in [3.05, 3.63) is 29.6 Å². The first-order valence-electron chi connectivity index (χ1n) is 7.20. The summed E-state index contributed by atoms with van der Waals surface area (Å²) >= 11 is 0. The van der Waals surface area contributed by atoms with Crippen LogP contribution in [-0.4, -0.2) is 16.9 Å². The predicted molar refractivity (Wildman–Crippen MR) is 75.6 cm³/mol. The number of aromatic nitrogens is 1. The molecule has 0 spiro atoms. The summed E-state index contributed by atoms with van der Waals surface area (Å²) in [7, 11) is 0. The Labute approximate surface area is 114 Å². The van der Waals surface area contributed by atoms with Gasteiger partial charge in [-0.2, -0.15) is 0 Å². The van der Waals surface area contributed by atoms with E-state index >= 15 is 0 Å². The summed E-state index contributed by atoms with van der Waals surface area (Å²) in [6, 6.07) is 3.92. The summed E-state index contributed by atoms with van der Waals surface area (Å²) < 4.78 is 0. The van der Waals surface area contributed by atoms with Crippen LogP contribution in [0.2, 0.25) is 0 Å². The van der Waals surface area contributed by atoms with Gasteiger partial charge in [-0.25, -0.2) is 0 Å². The smallest absolute Gasteiger partial charge is 0.270 e. The second-order valence-electron chi connectivity index (χ2n) is 5.29. The molecule has 104 valence electrons. The standard InChI is InChI=1S/C15H23N3O/c1-2-12-5-3-4-6-13(12)18-15(19)14-8-7-11(9-16)10-17-14/h7-8,10,12-13H,2-6,9,16H2,1H3,(H,18,19). The maximum Gasteiger partial charge on any atom is 0.270 e. The molecule has 0 bridgehead atoms. The molecule has 0 radical (unpaired) electrons. The van der Waals surface area contributed by atoms with Gasteiger partial charge in [0.25, 0.3) is 5.91 Å². The van der Waals surface area contributed by atoms with E-state index in [0.29, 0.717) is 24.2 Å². The highest BCUT2D eigenvalue weighted by Gasteiger charge is 2.25. The highest BCUT2D eigenvalue weighted by molar-refractivity contribution is 5.92. The van der Waals surface area contributed by atoms with Gasteiger partial charge < -0.3 is 11.1 Å². The molecule has 1 fully saturated rings. The topological polar surface area (TPSA) is 68.0 Å². The Morgan fingerprint density at radius 1 is 1.42 bits per heavy atom. The Morgan fingerprint density at radius 2 is 2.21 bits per heavy atom. The van der Waals surface area contributed by atoms with E-state index in [1.54, 1.807) is 12.3 Å². The van der Waals surface area contributed by atoms with Crippen molar-refractivity contribution < 1.29 is 4.79 Å². The molecule has 2 rings (SSSR count). The van der Waals surface area contributed by atoms with Crippen molar-refractivity contribution in [2.24, 2.45) is 11.7 Å². The van der Waals surface area contributed by atoms with Gasteiger partial charge >= 0.3 is 0 Å². The van der Waals surface area contributed by atoms with Crippen molar-refractivity contribution >= 4 is 5.91 Å². The van der Waals surface area contributed by atoms with Gasteiger partial charge in [0.05, 0.1) is 0 Å². The number of carbonyl (C=O) groups is 1. The van der Waals surface area contributed by atoms with Gasteiger partial charge in [0.15, 0.2) is 0 Å². The Bertz CT molecular complexity index is 416. The number of rotatable bonds is 4. The summed E-state index contributed by atoms with van der Waals surface area (Å²) in [4.78, 5) is 16.3. The van der Waals surface area contributed by atoms with Gasteiger partial charge in [-0.1, -0.05) is 32.3 Å². The van der Waals surface area contributed by atoms with Crippen LogP contribution in [0, 0.1) is 5.92 Å². The van der Waals surface area contributed by atoms with E-state index in [0.717, 1.165) is 18.4 Å². The average molecular weight is 261 g/mol. The maximum atomic E-state index is 12.2. The quantitative estimate of drug-likeness (QED) is 0.873. The van der Waals surface area contributed by atoms with Crippen LogP contribution in [0.1, 0.15) is 55.1 Å². The van der Waals surface area contributed by atoms with Crippen LogP contribution in [0.15, 0.2) is 18.3 Å². The first kappa shape index (κ1) is 14.0. The van der Waals surface area contributed by atoms with E-state index in [2.05, 4.69) is 17.2 Å². The normalized spacial score (nSPS) is 23.1. The van der Waals surface area contributed by atoms with Gasteiger partial charge in [-0.15, -0.1) is 0 Å². The van der Waals surface area contributed by atoms with Crippen molar-refractivity contribution in [2.45, 2.75) is 51.6 Å². The molecule has 4 heteroatoms. The Kier molecular flexibility index (Phi) is 4.91. The fraction of sp³-hybridized carbons (Fsp3) is 0.600. The van der Waals surface area contributed by atoms with Crippen LogP contribution < -0.4 is 11.1 Å². The fourth-order valence-electron chi connectivity index (χ4n) is 2.81. The van der Waals surface area contributed by atoms with E-state index in [-0.39, 0.29) is 5.91 Å². The van der Waals surface area contributed by atoms with Gasteiger partial charge in [0.1, 0.15) is 5.69 Å². The molecule has 1 aromatic heterocycles. The number of nitrogens with one attached hydrogen (secondary N) is 1. The summed E-state index contributed by atoms with van der Waals surface area (Å²) in [5.74, 6) is 0.551. The minimum Gasteiger partial charge on any atom is -0.348 e. The number of nitrogens with two attached hydrogens (primary N) is 1. The third kappa shape index (κ3) is 3.53. The lowest BCUT2D eigenvalue weighted by Crippen LogP contribution is -2.42. The molecule has 1 aliphatic carbocycles. The van der Waals surface area contributed by atoms with Crippen LogP contribution >= 0.6 is 0 Å². The zero-order valence-corrected chi connectivity index (χ0v) is 11.6. The van der Waals surface area contributed by atoms with Crippen LogP contribution in [0.25, 0.3) is 0 Å². The summed E-state index contributed by atoms with van der Waals surface area (Å²) in [6.45, 7) is 2.65. The number of nitrogens with zero attached hydrogens (tertiary/aromatic N) is 1. The number of amides is 1. The molecule has 0 aromatic carbocycles. The number of hydrogen-bond acceptors (Lipinski definition) is 3. The minimum absolute atomic E-state index is 0.0612. The van der Waals surface area contributed by atoms with Crippen molar-refractivity contribution in [1.29, 1.82) is 0 Å². The van der Waals surface area contributed by atoms with E-state index in [4.69, 9.17) is 5.73 Å². The fourth-order valence-corrected chi connectivity index (χ4v) is 2.81. The monoisotopic (exact) mass is 261 g/mol. The molecule has 4 nitrogen and oxygen atoms in total. The average Bonchev–Trinajstić information content (AvgIpc) is 2.48. The SMILES string of the molecule is CCC1CCCCC1NC(=O)c1ccc(CN)cn1. The van der Waals surface area contributed by atoms with Crippen molar-refractivity contribution in [3.8, 4) is 0 Å². The molecule has 19 heavy (non-hydrogen) atoms. The molecule has 1 saturated carbocycles. The van der Waals surface area contributed by atoms with Gasteiger partial charge in [-0.05, 0) is 30.4 Å². The van der Waals surface area contributed by atoms with Gasteiger partial charge in [0.2, 0.25) is 0 Å². The summed E-state index contributed by atoms with van der Waals surface area (Å²) in [5.41, 5.74) is 6.95. The van der Waals surface area contributed by atoms with Gasteiger partial charge in [0, 0.05) is 18.8 Å². The minimum atomic E-state index is -0.0612. The number of hydrogen-bond donors (Lipinski definition) is 2. The third-order valence-corrected chi connectivity index (χ3v) is 4.04. The number of pyridine rings is 1. The Morgan fingerprint density at radius 3 is 2.84 bits per heavy atom. The molecule has 1 aliphatic rings.